The van der Waals surface area contributed by atoms with Crippen molar-refractivity contribution in [3.63, 3.8) is 0 Å². The van der Waals surface area contributed by atoms with Crippen molar-refractivity contribution in [1.82, 2.24) is 19.7 Å². The highest BCUT2D eigenvalue weighted by Gasteiger charge is 2.27. The number of likely N-dealkylation sites (tertiary alicyclic amines) is 1. The van der Waals surface area contributed by atoms with E-state index in [-0.39, 0.29) is 17.6 Å². The number of nitrogens with one attached hydrogen (secondary N) is 1. The zero-order valence-corrected chi connectivity index (χ0v) is 14.1. The van der Waals surface area contributed by atoms with Crippen molar-refractivity contribution < 1.29 is 9.21 Å². The van der Waals surface area contributed by atoms with Crippen LogP contribution in [0.2, 0.25) is 0 Å². The van der Waals surface area contributed by atoms with Gasteiger partial charge in [0.05, 0.1) is 5.56 Å². The molecule has 0 bridgehead atoms. The summed E-state index contributed by atoms with van der Waals surface area (Å²) in [6, 6.07) is 6.06. The lowest BCUT2D eigenvalue weighted by Gasteiger charge is -2.31. The van der Waals surface area contributed by atoms with Gasteiger partial charge in [0.25, 0.3) is 5.91 Å². The highest BCUT2D eigenvalue weighted by atomic mass is 16.3. The number of nitrogens with zero attached hydrogens (tertiary/aromatic N) is 3. The van der Waals surface area contributed by atoms with Crippen LogP contribution in [-0.4, -0.2) is 38.7 Å². The van der Waals surface area contributed by atoms with Crippen LogP contribution >= 0.6 is 0 Å². The van der Waals surface area contributed by atoms with Gasteiger partial charge < -0.3 is 9.32 Å². The quantitative estimate of drug-likeness (QED) is 0.793. The molecule has 4 rings (SSSR count). The van der Waals surface area contributed by atoms with E-state index in [2.05, 4.69) is 17.1 Å². The number of carbonyl (C=O) groups is 1. The van der Waals surface area contributed by atoms with Gasteiger partial charge in [-0.2, -0.15) is 5.10 Å². The summed E-state index contributed by atoms with van der Waals surface area (Å²) in [7, 11) is 0. The van der Waals surface area contributed by atoms with E-state index in [0.29, 0.717) is 18.7 Å². The molecule has 2 aromatic heterocycles. The third-order valence-electron chi connectivity index (χ3n) is 5.00. The lowest BCUT2D eigenvalue weighted by Crippen LogP contribution is -2.40. The molecule has 7 nitrogen and oxygen atoms in total. The van der Waals surface area contributed by atoms with Gasteiger partial charge in [0.15, 0.2) is 0 Å². The molecule has 1 saturated heterocycles. The fourth-order valence-electron chi connectivity index (χ4n) is 3.50. The van der Waals surface area contributed by atoms with Crippen molar-refractivity contribution in [2.75, 3.05) is 13.1 Å². The van der Waals surface area contributed by atoms with Gasteiger partial charge in [-0.1, -0.05) is 13.0 Å². The third-order valence-corrected chi connectivity index (χ3v) is 5.00. The molecule has 0 radical (unpaired) electrons. The Labute approximate surface area is 144 Å². The number of fused-ring (bicyclic) bond motifs is 1. The Balaban J connectivity index is 1.53. The summed E-state index contributed by atoms with van der Waals surface area (Å²) in [6.07, 6.45) is 5.47. The second kappa shape index (κ2) is 6.23. The van der Waals surface area contributed by atoms with Crippen LogP contribution in [0.4, 0.5) is 0 Å². The number of hydrogen-bond donors (Lipinski definition) is 1. The molecule has 3 heterocycles. The van der Waals surface area contributed by atoms with E-state index in [0.717, 1.165) is 30.2 Å². The van der Waals surface area contributed by atoms with Gasteiger partial charge >= 0.3 is 5.69 Å². The van der Waals surface area contributed by atoms with Crippen LogP contribution in [0.15, 0.2) is 40.0 Å². The monoisotopic (exact) mass is 340 g/mol. The molecule has 0 saturated carbocycles. The van der Waals surface area contributed by atoms with Gasteiger partial charge in [-0.25, -0.2) is 9.89 Å². The number of benzene rings is 1. The summed E-state index contributed by atoms with van der Waals surface area (Å²) in [5, 5.41) is 7.07. The molecule has 3 aromatic rings. The molecule has 1 amide bonds. The Morgan fingerprint density at radius 1 is 1.36 bits per heavy atom. The van der Waals surface area contributed by atoms with E-state index in [1.54, 1.807) is 10.8 Å². The molecule has 1 N–H and O–H groups in total. The molecule has 130 valence electrons. The summed E-state index contributed by atoms with van der Waals surface area (Å²) >= 11 is 0. The van der Waals surface area contributed by atoms with Crippen LogP contribution < -0.4 is 5.69 Å². The molecule has 1 aliphatic rings. The van der Waals surface area contributed by atoms with Gasteiger partial charge in [-0.3, -0.25) is 9.36 Å². The summed E-state index contributed by atoms with van der Waals surface area (Å²) in [5.41, 5.74) is 2.34. The second-order valence-corrected chi connectivity index (χ2v) is 6.43. The Hall–Kier alpha value is -2.83. The zero-order chi connectivity index (χ0) is 17.4. The Morgan fingerprint density at radius 2 is 2.16 bits per heavy atom. The van der Waals surface area contributed by atoms with Gasteiger partial charge in [-0.15, -0.1) is 0 Å². The number of hydrogen-bond acceptors (Lipinski definition) is 4. The lowest BCUT2D eigenvalue weighted by molar-refractivity contribution is 0.0694. The average Bonchev–Trinajstić information content (AvgIpc) is 3.26. The summed E-state index contributed by atoms with van der Waals surface area (Å²) in [5.74, 6) is -0.00927. The molecule has 0 atom stereocenters. The van der Waals surface area contributed by atoms with Crippen molar-refractivity contribution >= 4 is 16.9 Å². The summed E-state index contributed by atoms with van der Waals surface area (Å²) in [6.45, 7) is 3.31. The number of rotatable bonds is 3. The highest BCUT2D eigenvalue weighted by molar-refractivity contribution is 6.06. The number of carbonyl (C=O) groups excluding carboxylic acids is 1. The van der Waals surface area contributed by atoms with Crippen molar-refractivity contribution in [3.05, 3.63) is 52.4 Å². The topological polar surface area (TPSA) is 84.1 Å². The maximum Gasteiger partial charge on any atom is 0.343 e. The van der Waals surface area contributed by atoms with Crippen LogP contribution in [0.3, 0.4) is 0 Å². The number of H-pyrrole nitrogens is 1. The molecule has 1 aromatic carbocycles. The predicted octanol–water partition coefficient (Wildman–Crippen LogP) is 2.36. The Kier molecular flexibility index (Phi) is 3.91. The number of aromatic amines is 1. The van der Waals surface area contributed by atoms with E-state index in [1.165, 1.54) is 11.9 Å². The van der Waals surface area contributed by atoms with E-state index in [1.807, 2.05) is 23.1 Å². The average molecular weight is 340 g/mol. The van der Waals surface area contributed by atoms with E-state index in [4.69, 9.17) is 4.42 Å². The van der Waals surface area contributed by atoms with Gasteiger partial charge in [-0.05, 0) is 37.0 Å². The summed E-state index contributed by atoms with van der Waals surface area (Å²) in [4.78, 5) is 26.4. The minimum absolute atomic E-state index is 0.00927. The van der Waals surface area contributed by atoms with Crippen molar-refractivity contribution in [3.8, 4) is 0 Å². The normalized spacial score (nSPS) is 15.8. The van der Waals surface area contributed by atoms with Crippen molar-refractivity contribution in [2.45, 2.75) is 32.2 Å². The fourth-order valence-corrected chi connectivity index (χ4v) is 3.50. The molecule has 25 heavy (non-hydrogen) atoms. The minimum Gasteiger partial charge on any atom is -0.463 e. The maximum atomic E-state index is 12.9. The zero-order valence-electron chi connectivity index (χ0n) is 14.1. The van der Waals surface area contributed by atoms with Crippen LogP contribution in [0.25, 0.3) is 11.0 Å². The van der Waals surface area contributed by atoms with Gasteiger partial charge in [0.1, 0.15) is 18.2 Å². The predicted molar refractivity (Wildman–Crippen MR) is 92.6 cm³/mol. The standard InChI is InChI=1S/C18H20N4O3/c1-2-12-3-4-16-14(9-12)15(10-25-16)17(23)21-7-5-13(6-8-21)22-11-19-20-18(22)24/h3-4,9-11,13H,2,5-8H2,1H3,(H,20,24). The molecule has 1 fully saturated rings. The highest BCUT2D eigenvalue weighted by Crippen LogP contribution is 2.27. The molecule has 0 aliphatic carbocycles. The van der Waals surface area contributed by atoms with Crippen molar-refractivity contribution in [1.29, 1.82) is 0 Å². The van der Waals surface area contributed by atoms with Gasteiger partial charge in [0, 0.05) is 24.5 Å². The smallest absolute Gasteiger partial charge is 0.343 e. The Morgan fingerprint density at radius 3 is 2.84 bits per heavy atom. The van der Waals surface area contributed by atoms with Gasteiger partial charge in [0.2, 0.25) is 0 Å². The number of aryl methyl sites for hydroxylation is 1. The SMILES string of the molecule is CCc1ccc2occ(C(=O)N3CCC(n4cn[nH]c4=O)CC3)c2c1. The first kappa shape index (κ1) is 15.7. The number of piperidine rings is 1. The number of aromatic nitrogens is 3. The molecular weight excluding hydrogens is 320 g/mol. The van der Waals surface area contributed by atoms with Crippen molar-refractivity contribution in [2.24, 2.45) is 0 Å². The number of amides is 1. The summed E-state index contributed by atoms with van der Waals surface area (Å²) < 4.78 is 7.16. The number of furan rings is 1. The van der Waals surface area contributed by atoms with E-state index in [9.17, 15) is 9.59 Å². The molecule has 1 aliphatic heterocycles. The first-order valence-corrected chi connectivity index (χ1v) is 8.58. The van der Waals surface area contributed by atoms with Crippen LogP contribution in [0, 0.1) is 0 Å². The second-order valence-electron chi connectivity index (χ2n) is 6.43. The van der Waals surface area contributed by atoms with Crippen LogP contribution in [-0.2, 0) is 6.42 Å². The molecule has 7 heteroatoms. The maximum absolute atomic E-state index is 12.9. The first-order valence-electron chi connectivity index (χ1n) is 8.58. The first-order chi connectivity index (χ1) is 12.2. The molecule has 0 unspecified atom stereocenters. The molecule has 0 spiro atoms. The van der Waals surface area contributed by atoms with Crippen LogP contribution in [0.1, 0.15) is 41.7 Å². The minimum atomic E-state index is -0.197. The van der Waals surface area contributed by atoms with E-state index >= 15 is 0 Å². The fraction of sp³-hybridized carbons (Fsp3) is 0.389. The largest absolute Gasteiger partial charge is 0.463 e. The van der Waals surface area contributed by atoms with Crippen LogP contribution in [0.5, 0.6) is 0 Å². The molecular formula is C18H20N4O3. The third kappa shape index (κ3) is 2.75. The lowest BCUT2D eigenvalue weighted by atomic mass is 10.0. The van der Waals surface area contributed by atoms with E-state index < -0.39 is 0 Å². The Bertz CT molecular complexity index is 960.